The van der Waals surface area contributed by atoms with E-state index in [1.54, 1.807) is 6.07 Å². The summed E-state index contributed by atoms with van der Waals surface area (Å²) in [4.78, 5) is 0. The Morgan fingerprint density at radius 2 is 2.06 bits per heavy atom. The van der Waals surface area contributed by atoms with Gasteiger partial charge in [-0.25, -0.2) is 0 Å². The summed E-state index contributed by atoms with van der Waals surface area (Å²) in [6, 6.07) is 1.59. The summed E-state index contributed by atoms with van der Waals surface area (Å²) >= 11 is 17.5. The van der Waals surface area contributed by atoms with Gasteiger partial charge in [-0.1, -0.05) is 30.1 Å². The fraction of sp³-hybridized carbons (Fsp3) is 0.455. The van der Waals surface area contributed by atoms with Crippen molar-refractivity contribution >= 4 is 40.5 Å². The first kappa shape index (κ1) is 14.7. The van der Waals surface area contributed by atoms with E-state index in [1.165, 1.54) is 0 Å². The summed E-state index contributed by atoms with van der Waals surface area (Å²) in [5, 5.41) is 22.7. The van der Waals surface area contributed by atoms with Gasteiger partial charge >= 0.3 is 0 Å². The zero-order chi connectivity index (χ0) is 13.0. The summed E-state index contributed by atoms with van der Waals surface area (Å²) < 4.78 is 0. The standard InChI is InChI=1S/C11H14Cl3NO2/c1-2-7-8(13)3-9(11(17)10(7)14)15-5-6(16)4-12/h3,6,15-17H,2,4-5H2,1H3. The number of aromatic hydroxyl groups is 1. The molecule has 3 N–H and O–H groups in total. The molecule has 3 nitrogen and oxygen atoms in total. The number of phenolic OH excluding ortho intramolecular Hbond substituents is 1. The molecule has 0 aliphatic rings. The van der Waals surface area contributed by atoms with Crippen LogP contribution >= 0.6 is 34.8 Å². The van der Waals surface area contributed by atoms with Gasteiger partial charge in [-0.3, -0.25) is 0 Å². The van der Waals surface area contributed by atoms with E-state index in [-0.39, 0.29) is 23.2 Å². The average Bonchev–Trinajstić information content (AvgIpc) is 2.32. The predicted octanol–water partition coefficient (Wildman–Crippen LogP) is 3.27. The van der Waals surface area contributed by atoms with Gasteiger partial charge in [0.2, 0.25) is 0 Å². The van der Waals surface area contributed by atoms with Crippen LogP contribution in [-0.4, -0.2) is 28.7 Å². The molecule has 0 bridgehead atoms. The van der Waals surface area contributed by atoms with Crippen LogP contribution in [-0.2, 0) is 6.42 Å². The van der Waals surface area contributed by atoms with E-state index in [4.69, 9.17) is 34.8 Å². The Kier molecular flexibility index (Phi) is 5.67. The number of rotatable bonds is 5. The molecule has 0 aliphatic heterocycles. The number of alkyl halides is 1. The van der Waals surface area contributed by atoms with Crippen molar-refractivity contribution in [3.8, 4) is 5.75 Å². The third kappa shape index (κ3) is 3.55. The topological polar surface area (TPSA) is 52.5 Å². The second kappa shape index (κ2) is 6.55. The molecule has 17 heavy (non-hydrogen) atoms. The van der Waals surface area contributed by atoms with E-state index < -0.39 is 6.10 Å². The van der Waals surface area contributed by atoms with Crippen molar-refractivity contribution in [3.63, 3.8) is 0 Å². The van der Waals surface area contributed by atoms with E-state index in [0.29, 0.717) is 22.7 Å². The molecule has 0 saturated heterocycles. The Balaban J connectivity index is 2.94. The van der Waals surface area contributed by atoms with Crippen LogP contribution in [0.3, 0.4) is 0 Å². The Labute approximate surface area is 115 Å². The number of hydrogen-bond donors (Lipinski definition) is 3. The minimum atomic E-state index is -0.695. The fourth-order valence-electron chi connectivity index (χ4n) is 1.39. The molecular formula is C11H14Cl3NO2. The van der Waals surface area contributed by atoms with Gasteiger partial charge in [0.15, 0.2) is 5.75 Å². The predicted molar refractivity (Wildman–Crippen MR) is 72.7 cm³/mol. The van der Waals surface area contributed by atoms with Crippen LogP contribution in [0.4, 0.5) is 5.69 Å². The highest BCUT2D eigenvalue weighted by atomic mass is 35.5. The van der Waals surface area contributed by atoms with Crippen LogP contribution in [0.2, 0.25) is 10.0 Å². The first-order chi connectivity index (χ1) is 8.01. The summed E-state index contributed by atoms with van der Waals surface area (Å²) in [7, 11) is 0. The Hall–Kier alpha value is -0.350. The molecule has 0 spiro atoms. The van der Waals surface area contributed by atoms with Crippen molar-refractivity contribution in [2.45, 2.75) is 19.4 Å². The molecular weight excluding hydrogens is 284 g/mol. The maximum atomic E-state index is 9.85. The molecule has 1 unspecified atom stereocenters. The van der Waals surface area contributed by atoms with Gasteiger partial charge in [0.25, 0.3) is 0 Å². The highest BCUT2D eigenvalue weighted by Gasteiger charge is 2.14. The zero-order valence-corrected chi connectivity index (χ0v) is 11.6. The fourth-order valence-corrected chi connectivity index (χ4v) is 2.22. The van der Waals surface area contributed by atoms with Gasteiger partial charge in [0.05, 0.1) is 22.7 Å². The van der Waals surface area contributed by atoms with E-state index in [1.807, 2.05) is 6.92 Å². The van der Waals surface area contributed by atoms with Gasteiger partial charge in [-0.15, -0.1) is 11.6 Å². The molecule has 1 rings (SSSR count). The maximum Gasteiger partial charge on any atom is 0.157 e. The van der Waals surface area contributed by atoms with Crippen LogP contribution in [0.25, 0.3) is 0 Å². The van der Waals surface area contributed by atoms with Crippen LogP contribution < -0.4 is 5.32 Å². The quantitative estimate of drug-likeness (QED) is 0.577. The van der Waals surface area contributed by atoms with Gasteiger partial charge < -0.3 is 15.5 Å². The molecule has 0 aliphatic carbocycles. The lowest BCUT2D eigenvalue weighted by Crippen LogP contribution is -2.20. The number of hydrogen-bond acceptors (Lipinski definition) is 3. The number of aliphatic hydroxyl groups excluding tert-OH is 1. The molecule has 1 aromatic rings. The molecule has 1 aromatic carbocycles. The largest absolute Gasteiger partial charge is 0.504 e. The van der Waals surface area contributed by atoms with Crippen molar-refractivity contribution in [1.82, 2.24) is 0 Å². The maximum absolute atomic E-state index is 9.85. The van der Waals surface area contributed by atoms with Gasteiger partial charge in [-0.05, 0) is 18.1 Å². The monoisotopic (exact) mass is 297 g/mol. The Bertz CT molecular complexity index is 399. The second-order valence-corrected chi connectivity index (χ2v) is 4.68. The summed E-state index contributed by atoms with van der Waals surface area (Å²) in [6.07, 6.45) is -0.0602. The van der Waals surface area contributed by atoms with Crippen LogP contribution in [0.5, 0.6) is 5.75 Å². The van der Waals surface area contributed by atoms with Crippen molar-refractivity contribution in [1.29, 1.82) is 0 Å². The number of aliphatic hydroxyl groups is 1. The molecule has 1 atom stereocenters. The number of nitrogens with one attached hydrogen (secondary N) is 1. The highest BCUT2D eigenvalue weighted by molar-refractivity contribution is 6.37. The summed E-state index contributed by atoms with van der Waals surface area (Å²) in [5.41, 5.74) is 1.09. The van der Waals surface area contributed by atoms with Gasteiger partial charge in [0, 0.05) is 11.6 Å². The van der Waals surface area contributed by atoms with Crippen molar-refractivity contribution in [3.05, 3.63) is 21.7 Å². The molecule has 96 valence electrons. The van der Waals surface area contributed by atoms with Gasteiger partial charge in [0.1, 0.15) is 0 Å². The van der Waals surface area contributed by atoms with E-state index in [9.17, 15) is 10.2 Å². The zero-order valence-electron chi connectivity index (χ0n) is 9.30. The molecule has 0 fully saturated rings. The third-order valence-corrected chi connectivity index (χ3v) is 3.45. The Morgan fingerprint density at radius 1 is 1.41 bits per heavy atom. The number of halogens is 3. The lowest BCUT2D eigenvalue weighted by atomic mass is 10.1. The number of phenols is 1. The summed E-state index contributed by atoms with van der Waals surface area (Å²) in [5.74, 6) is 0.0529. The molecule has 0 saturated carbocycles. The number of benzene rings is 1. The normalized spacial score (nSPS) is 12.5. The molecule has 6 heteroatoms. The van der Waals surface area contributed by atoms with Crippen LogP contribution in [0.1, 0.15) is 12.5 Å². The number of anilines is 1. The molecule has 0 radical (unpaired) electrons. The van der Waals surface area contributed by atoms with Crippen molar-refractivity contribution < 1.29 is 10.2 Å². The van der Waals surface area contributed by atoms with Gasteiger partial charge in [-0.2, -0.15) is 0 Å². The lowest BCUT2D eigenvalue weighted by molar-refractivity contribution is 0.211. The van der Waals surface area contributed by atoms with Crippen LogP contribution in [0, 0.1) is 0 Å². The van der Waals surface area contributed by atoms with E-state index in [0.717, 1.165) is 0 Å². The summed E-state index contributed by atoms with van der Waals surface area (Å²) in [6.45, 7) is 2.12. The average molecular weight is 299 g/mol. The minimum absolute atomic E-state index is 0.0605. The molecule has 0 heterocycles. The Morgan fingerprint density at radius 3 is 2.59 bits per heavy atom. The highest BCUT2D eigenvalue weighted by Crippen LogP contribution is 2.39. The molecule has 0 aromatic heterocycles. The van der Waals surface area contributed by atoms with Crippen molar-refractivity contribution in [2.75, 3.05) is 17.7 Å². The smallest absolute Gasteiger partial charge is 0.157 e. The SMILES string of the molecule is CCc1c(Cl)cc(NCC(O)CCl)c(O)c1Cl. The first-order valence-corrected chi connectivity index (χ1v) is 6.48. The van der Waals surface area contributed by atoms with E-state index >= 15 is 0 Å². The van der Waals surface area contributed by atoms with Crippen LogP contribution in [0.15, 0.2) is 6.07 Å². The second-order valence-electron chi connectivity index (χ2n) is 3.59. The third-order valence-electron chi connectivity index (χ3n) is 2.35. The lowest BCUT2D eigenvalue weighted by Gasteiger charge is -2.15. The van der Waals surface area contributed by atoms with E-state index in [2.05, 4.69) is 5.32 Å². The minimum Gasteiger partial charge on any atom is -0.504 e. The first-order valence-electron chi connectivity index (χ1n) is 5.19. The molecule has 0 amide bonds. The van der Waals surface area contributed by atoms with Crippen molar-refractivity contribution in [2.24, 2.45) is 0 Å².